The molecule has 1 unspecified atom stereocenters. The second-order valence-electron chi connectivity index (χ2n) is 8.07. The van der Waals surface area contributed by atoms with Crippen LogP contribution in [0.2, 0.25) is 0 Å². The molecule has 0 heterocycles. The molecule has 37 heavy (non-hydrogen) atoms. The zero-order valence-electron chi connectivity index (χ0n) is 20.1. The van der Waals surface area contributed by atoms with Crippen LogP contribution in [0.25, 0.3) is 0 Å². The van der Waals surface area contributed by atoms with Crippen LogP contribution in [0.1, 0.15) is 17.5 Å². The van der Waals surface area contributed by atoms with Crippen molar-refractivity contribution in [3.63, 3.8) is 0 Å². The number of benzene rings is 3. The number of rotatable bonds is 9. The molecule has 4 nitrogen and oxygen atoms in total. The van der Waals surface area contributed by atoms with Gasteiger partial charge in [0.2, 0.25) is 0 Å². The van der Waals surface area contributed by atoms with Gasteiger partial charge in [0.05, 0.1) is 28.2 Å². The summed E-state index contributed by atoms with van der Waals surface area (Å²) in [6.07, 6.45) is 12.2. The summed E-state index contributed by atoms with van der Waals surface area (Å²) in [6.45, 7) is 3.74. The van der Waals surface area contributed by atoms with E-state index in [2.05, 4.69) is 59.0 Å². The van der Waals surface area contributed by atoms with Crippen molar-refractivity contribution in [3.05, 3.63) is 138 Å². The van der Waals surface area contributed by atoms with Gasteiger partial charge in [-0.2, -0.15) is 10.5 Å². The standard InChI is InChI=1S/C32H24N4S/c1-2-3-6-17-28(24-13-7-4-8-14-24)35-30-20-25(22-33)26(23-34)21-31(30)36-29-18-11-12-19-32(29)37-27-15-9-5-10-16-27/h2-3,5-7,9-12,14-21,24,35-36H,1,13H2/b6-3-,28-17-. The Hall–Kier alpha value is -4.89. The van der Waals surface area contributed by atoms with Gasteiger partial charge < -0.3 is 10.6 Å². The van der Waals surface area contributed by atoms with Gasteiger partial charge in [0.1, 0.15) is 12.1 Å². The van der Waals surface area contributed by atoms with Gasteiger partial charge in [-0.15, -0.1) is 0 Å². The largest absolute Gasteiger partial charge is 0.357 e. The highest BCUT2D eigenvalue weighted by molar-refractivity contribution is 7.99. The number of para-hydroxylation sites is 1. The van der Waals surface area contributed by atoms with Crippen LogP contribution in [0.3, 0.4) is 0 Å². The number of nitrogens with zero attached hydrogens (tertiary/aromatic N) is 2. The number of hydrogen-bond donors (Lipinski definition) is 2. The Balaban J connectivity index is 1.75. The molecule has 1 atom stereocenters. The van der Waals surface area contributed by atoms with E-state index in [4.69, 9.17) is 0 Å². The molecule has 0 saturated heterocycles. The van der Waals surface area contributed by atoms with Crippen molar-refractivity contribution in [1.82, 2.24) is 0 Å². The monoisotopic (exact) mass is 496 g/mol. The maximum atomic E-state index is 9.70. The highest BCUT2D eigenvalue weighted by Gasteiger charge is 2.17. The lowest BCUT2D eigenvalue weighted by atomic mass is 9.97. The molecule has 0 aliphatic heterocycles. The highest BCUT2D eigenvalue weighted by atomic mass is 32.2. The molecular formula is C32H24N4S. The van der Waals surface area contributed by atoms with Crippen LogP contribution < -0.4 is 10.6 Å². The number of allylic oxidation sites excluding steroid dienone is 6. The molecular weight excluding hydrogens is 472 g/mol. The van der Waals surface area contributed by atoms with Crippen molar-refractivity contribution >= 4 is 28.8 Å². The quantitative estimate of drug-likeness (QED) is 0.230. The Labute approximate surface area is 222 Å². The minimum atomic E-state index is 0.0608. The first-order valence-corrected chi connectivity index (χ1v) is 12.5. The number of anilines is 3. The number of nitrogens with one attached hydrogen (secondary N) is 2. The fraction of sp³-hybridized carbons (Fsp3) is 0.0625. The van der Waals surface area contributed by atoms with Crippen LogP contribution in [-0.4, -0.2) is 0 Å². The zero-order valence-corrected chi connectivity index (χ0v) is 20.9. The fourth-order valence-electron chi connectivity index (χ4n) is 3.74. The van der Waals surface area contributed by atoms with E-state index in [1.807, 2.05) is 66.8 Å². The third-order valence-electron chi connectivity index (χ3n) is 5.57. The summed E-state index contributed by atoms with van der Waals surface area (Å²) < 4.78 is 0. The maximum Gasteiger partial charge on any atom is 0.101 e. The molecule has 5 heteroatoms. The molecule has 178 valence electrons. The first kappa shape index (κ1) is 25.2. The molecule has 0 spiro atoms. The van der Waals surface area contributed by atoms with Crippen molar-refractivity contribution < 1.29 is 0 Å². The van der Waals surface area contributed by atoms with E-state index in [0.29, 0.717) is 22.5 Å². The minimum Gasteiger partial charge on any atom is -0.357 e. The Kier molecular flexibility index (Phi) is 8.66. The van der Waals surface area contributed by atoms with E-state index in [1.54, 1.807) is 30.0 Å². The van der Waals surface area contributed by atoms with Gasteiger partial charge in [-0.3, -0.25) is 0 Å². The fourth-order valence-corrected chi connectivity index (χ4v) is 4.66. The predicted molar refractivity (Wildman–Crippen MR) is 151 cm³/mol. The zero-order chi connectivity index (χ0) is 25.9. The van der Waals surface area contributed by atoms with E-state index >= 15 is 0 Å². The minimum absolute atomic E-state index is 0.0608. The van der Waals surface area contributed by atoms with E-state index in [0.717, 1.165) is 27.6 Å². The lowest BCUT2D eigenvalue weighted by Gasteiger charge is -2.21. The van der Waals surface area contributed by atoms with E-state index in [9.17, 15) is 10.5 Å². The molecule has 0 amide bonds. The Bertz CT molecular complexity index is 1540. The topological polar surface area (TPSA) is 71.6 Å². The molecule has 1 aliphatic carbocycles. The second kappa shape index (κ2) is 12.7. The van der Waals surface area contributed by atoms with Crippen LogP contribution in [0.5, 0.6) is 0 Å². The van der Waals surface area contributed by atoms with Gasteiger partial charge in [0.15, 0.2) is 0 Å². The van der Waals surface area contributed by atoms with E-state index in [-0.39, 0.29) is 5.92 Å². The Morgan fingerprint density at radius 3 is 2.35 bits per heavy atom. The first-order chi connectivity index (χ1) is 18.2. The normalized spacial score (nSPS) is 14.2. The molecule has 0 fully saturated rings. The molecule has 3 aromatic carbocycles. The summed E-state index contributed by atoms with van der Waals surface area (Å²) in [5.74, 6) is 0.0608. The van der Waals surface area contributed by atoms with Crippen molar-refractivity contribution in [1.29, 1.82) is 10.5 Å². The van der Waals surface area contributed by atoms with Crippen molar-refractivity contribution in [2.24, 2.45) is 5.92 Å². The van der Waals surface area contributed by atoms with Gasteiger partial charge >= 0.3 is 0 Å². The average molecular weight is 497 g/mol. The maximum absolute atomic E-state index is 9.70. The van der Waals surface area contributed by atoms with Gasteiger partial charge in [-0.05, 0) is 61.0 Å². The summed E-state index contributed by atoms with van der Waals surface area (Å²) in [6, 6.07) is 25.9. The lowest BCUT2D eigenvalue weighted by Crippen LogP contribution is -2.12. The SMILES string of the molecule is C=C/C=C\C=C(/Nc1cc(C#N)c(C#N)cc1Nc1ccccc1Sc1ccccc1)C1C=C=C=CC1. The third kappa shape index (κ3) is 6.62. The molecule has 0 aromatic heterocycles. The first-order valence-electron chi connectivity index (χ1n) is 11.7. The number of nitriles is 2. The summed E-state index contributed by atoms with van der Waals surface area (Å²) in [5, 5.41) is 26.4. The lowest BCUT2D eigenvalue weighted by molar-refractivity contribution is 0.776. The number of hydrogen-bond acceptors (Lipinski definition) is 5. The summed E-state index contributed by atoms with van der Waals surface area (Å²) in [7, 11) is 0. The molecule has 0 radical (unpaired) electrons. The van der Waals surface area contributed by atoms with Crippen molar-refractivity contribution in [2.75, 3.05) is 10.6 Å². The van der Waals surface area contributed by atoms with E-state index in [1.165, 1.54) is 0 Å². The van der Waals surface area contributed by atoms with Gasteiger partial charge in [-0.25, -0.2) is 0 Å². The Morgan fingerprint density at radius 2 is 1.65 bits per heavy atom. The van der Waals surface area contributed by atoms with Crippen LogP contribution in [-0.2, 0) is 0 Å². The predicted octanol–water partition coefficient (Wildman–Crippen LogP) is 8.25. The highest BCUT2D eigenvalue weighted by Crippen LogP contribution is 2.38. The molecule has 2 N–H and O–H groups in total. The molecule has 1 aliphatic rings. The van der Waals surface area contributed by atoms with Crippen molar-refractivity contribution in [3.8, 4) is 12.1 Å². The van der Waals surface area contributed by atoms with Gasteiger partial charge in [0, 0.05) is 21.4 Å². The Morgan fingerprint density at radius 1 is 0.919 bits per heavy atom. The van der Waals surface area contributed by atoms with Crippen LogP contribution >= 0.6 is 11.8 Å². The van der Waals surface area contributed by atoms with E-state index < -0.39 is 0 Å². The van der Waals surface area contributed by atoms with Gasteiger partial charge in [0.25, 0.3) is 0 Å². The van der Waals surface area contributed by atoms with Crippen LogP contribution in [0.4, 0.5) is 17.1 Å². The molecule has 3 aromatic rings. The molecule has 4 rings (SSSR count). The summed E-state index contributed by atoms with van der Waals surface area (Å²) in [4.78, 5) is 2.16. The van der Waals surface area contributed by atoms with Crippen LogP contribution in [0.15, 0.2) is 137 Å². The third-order valence-corrected chi connectivity index (χ3v) is 6.65. The molecule has 0 saturated carbocycles. The average Bonchev–Trinajstić information content (AvgIpc) is 2.95. The second-order valence-corrected chi connectivity index (χ2v) is 9.19. The smallest absolute Gasteiger partial charge is 0.101 e. The van der Waals surface area contributed by atoms with Crippen molar-refractivity contribution in [2.45, 2.75) is 16.2 Å². The van der Waals surface area contributed by atoms with Crippen LogP contribution in [0, 0.1) is 28.6 Å². The molecule has 0 bridgehead atoms. The van der Waals surface area contributed by atoms with Gasteiger partial charge in [-0.1, -0.05) is 78.4 Å². The summed E-state index contributed by atoms with van der Waals surface area (Å²) in [5.41, 5.74) is 9.87. The summed E-state index contributed by atoms with van der Waals surface area (Å²) >= 11 is 1.65.